The Morgan fingerprint density at radius 2 is 1.97 bits per heavy atom. The zero-order valence-electron chi connectivity index (χ0n) is 16.8. The Hall–Kier alpha value is -2.37. The third kappa shape index (κ3) is 4.80. The van der Waals surface area contributed by atoms with Crippen LogP contribution in [0.4, 0.5) is 5.69 Å². The minimum absolute atomic E-state index is 0.125. The summed E-state index contributed by atoms with van der Waals surface area (Å²) in [5.41, 5.74) is 3.55. The number of nitrogens with one attached hydrogen (secondary N) is 1. The van der Waals surface area contributed by atoms with Gasteiger partial charge < -0.3 is 5.32 Å². The molecule has 0 bridgehead atoms. The smallest absolute Gasteiger partial charge is 0.258 e. The Balaban J connectivity index is 1.48. The van der Waals surface area contributed by atoms with Gasteiger partial charge in [-0.25, -0.2) is 4.98 Å². The molecule has 0 aliphatic heterocycles. The highest BCUT2D eigenvalue weighted by Crippen LogP contribution is 2.25. The molecule has 0 unspecified atom stereocenters. The zero-order valence-corrected chi connectivity index (χ0v) is 17.5. The van der Waals surface area contributed by atoms with Crippen molar-refractivity contribution in [3.63, 3.8) is 0 Å². The van der Waals surface area contributed by atoms with E-state index in [1.165, 1.54) is 42.1 Å². The van der Waals surface area contributed by atoms with Crippen molar-refractivity contribution in [1.29, 1.82) is 0 Å². The van der Waals surface area contributed by atoms with Gasteiger partial charge in [0.15, 0.2) is 0 Å². The Kier molecular flexibility index (Phi) is 6.16. The van der Waals surface area contributed by atoms with Gasteiger partial charge in [0, 0.05) is 30.5 Å². The highest BCUT2D eigenvalue weighted by atomic mass is 35.5. The van der Waals surface area contributed by atoms with Crippen LogP contribution in [0.5, 0.6) is 0 Å². The van der Waals surface area contributed by atoms with Crippen LogP contribution < -0.4 is 10.9 Å². The quantitative estimate of drug-likeness (QED) is 0.638. The Morgan fingerprint density at radius 1 is 1.17 bits per heavy atom. The third-order valence-corrected chi connectivity index (χ3v) is 6.00. The molecule has 0 saturated heterocycles. The van der Waals surface area contributed by atoms with E-state index in [0.717, 1.165) is 12.2 Å². The predicted octanol–water partition coefficient (Wildman–Crippen LogP) is 4.72. The second-order valence-corrected chi connectivity index (χ2v) is 8.32. The Bertz CT molecular complexity index is 1040. The van der Waals surface area contributed by atoms with Crippen LogP contribution in [0.1, 0.15) is 43.4 Å². The molecule has 5 nitrogen and oxygen atoms in total. The van der Waals surface area contributed by atoms with Crippen molar-refractivity contribution in [3.8, 4) is 0 Å². The van der Waals surface area contributed by atoms with Gasteiger partial charge in [0.05, 0.1) is 17.3 Å². The summed E-state index contributed by atoms with van der Waals surface area (Å²) in [6, 6.07) is 14.1. The Morgan fingerprint density at radius 3 is 2.79 bits per heavy atom. The molecule has 1 N–H and O–H groups in total. The summed E-state index contributed by atoms with van der Waals surface area (Å²) in [4.78, 5) is 19.4. The molecule has 0 radical (unpaired) electrons. The van der Waals surface area contributed by atoms with E-state index in [9.17, 15) is 4.79 Å². The lowest BCUT2D eigenvalue weighted by molar-refractivity contribution is 0.185. The number of para-hydroxylation sites is 1. The molecule has 0 spiro atoms. The third-order valence-electron chi connectivity index (χ3n) is 5.77. The lowest BCUT2D eigenvalue weighted by Gasteiger charge is -2.31. The van der Waals surface area contributed by atoms with Crippen molar-refractivity contribution in [3.05, 3.63) is 75.3 Å². The van der Waals surface area contributed by atoms with Gasteiger partial charge in [-0.1, -0.05) is 49.1 Å². The van der Waals surface area contributed by atoms with E-state index in [1.807, 2.05) is 6.07 Å². The first kappa shape index (κ1) is 19.9. The summed E-state index contributed by atoms with van der Waals surface area (Å²) in [6.07, 6.45) is 8.22. The summed E-state index contributed by atoms with van der Waals surface area (Å²) in [7, 11) is 2.23. The maximum Gasteiger partial charge on any atom is 0.258 e. The van der Waals surface area contributed by atoms with Crippen molar-refractivity contribution in [2.45, 2.75) is 51.2 Å². The van der Waals surface area contributed by atoms with Gasteiger partial charge in [0.25, 0.3) is 5.56 Å². The number of hydrogen-bond donors (Lipinski definition) is 1. The lowest BCUT2D eigenvalue weighted by Crippen LogP contribution is -2.33. The summed E-state index contributed by atoms with van der Waals surface area (Å²) >= 11 is 5.98. The molecule has 2 aromatic heterocycles. The summed E-state index contributed by atoms with van der Waals surface area (Å²) in [5, 5.41) is 3.99. The monoisotopic (exact) mass is 410 g/mol. The van der Waals surface area contributed by atoms with Crippen molar-refractivity contribution >= 4 is 22.9 Å². The van der Waals surface area contributed by atoms with Crippen LogP contribution in [-0.4, -0.2) is 27.4 Å². The van der Waals surface area contributed by atoms with Crippen molar-refractivity contribution in [2.75, 3.05) is 12.4 Å². The summed E-state index contributed by atoms with van der Waals surface area (Å²) in [6.45, 7) is 1.42. The molecule has 1 fully saturated rings. The highest BCUT2D eigenvalue weighted by molar-refractivity contribution is 6.30. The molecule has 0 atom stereocenters. The molecule has 4 rings (SSSR count). The minimum atomic E-state index is -0.125. The van der Waals surface area contributed by atoms with Crippen molar-refractivity contribution in [1.82, 2.24) is 14.3 Å². The largest absolute Gasteiger partial charge is 0.379 e. The maximum atomic E-state index is 12.4. The second-order valence-electron chi connectivity index (χ2n) is 7.88. The summed E-state index contributed by atoms with van der Waals surface area (Å²) < 4.78 is 1.47. The standard InChI is InChI=1S/C23H27ClN4O/c1-27(20-8-3-2-4-9-20)15-17-7-5-6-10-21(17)25-14-19-13-23(29)28-16-18(24)11-12-22(28)26-19/h5-7,10-13,16,20,25H,2-4,8-9,14-15H2,1H3. The molecule has 1 aliphatic carbocycles. The topological polar surface area (TPSA) is 49.6 Å². The number of nitrogens with zero attached hydrogens (tertiary/aromatic N) is 3. The van der Waals surface area contributed by atoms with Crippen molar-refractivity contribution < 1.29 is 0 Å². The number of anilines is 1. The second kappa shape index (κ2) is 8.97. The van der Waals surface area contributed by atoms with Gasteiger partial charge in [-0.3, -0.25) is 14.1 Å². The molecule has 1 aliphatic rings. The molecule has 1 aromatic carbocycles. The van der Waals surface area contributed by atoms with E-state index < -0.39 is 0 Å². The number of fused-ring (bicyclic) bond motifs is 1. The fraction of sp³-hybridized carbons (Fsp3) is 0.391. The predicted molar refractivity (Wildman–Crippen MR) is 119 cm³/mol. The normalized spacial score (nSPS) is 15.1. The van der Waals surface area contributed by atoms with Crippen LogP contribution in [0.3, 0.4) is 0 Å². The fourth-order valence-corrected chi connectivity index (χ4v) is 4.31. The SMILES string of the molecule is CN(Cc1ccccc1NCc1cc(=O)n2cc(Cl)ccc2n1)C1CCCCC1. The number of halogens is 1. The molecule has 29 heavy (non-hydrogen) atoms. The first-order chi connectivity index (χ1) is 14.1. The number of hydrogen-bond acceptors (Lipinski definition) is 4. The van der Waals surface area contributed by atoms with Gasteiger partial charge in [0.2, 0.25) is 0 Å². The highest BCUT2D eigenvalue weighted by Gasteiger charge is 2.18. The molecular formula is C23H27ClN4O. The van der Waals surface area contributed by atoms with Gasteiger partial charge >= 0.3 is 0 Å². The van der Waals surface area contributed by atoms with Crippen LogP contribution in [0, 0.1) is 0 Å². The average molecular weight is 411 g/mol. The van der Waals surface area contributed by atoms with E-state index >= 15 is 0 Å². The molecule has 2 heterocycles. The van der Waals surface area contributed by atoms with E-state index in [0.29, 0.717) is 29.0 Å². The average Bonchev–Trinajstić information content (AvgIpc) is 2.74. The first-order valence-electron chi connectivity index (χ1n) is 10.3. The first-order valence-corrected chi connectivity index (χ1v) is 10.7. The minimum Gasteiger partial charge on any atom is -0.379 e. The van der Waals surface area contributed by atoms with Crippen LogP contribution >= 0.6 is 11.6 Å². The number of benzene rings is 1. The van der Waals surface area contributed by atoms with E-state index in [1.54, 1.807) is 24.4 Å². The molecular weight excluding hydrogens is 384 g/mol. The van der Waals surface area contributed by atoms with E-state index in [-0.39, 0.29) is 5.56 Å². The zero-order chi connectivity index (χ0) is 20.2. The summed E-state index contributed by atoms with van der Waals surface area (Å²) in [5.74, 6) is 0. The molecule has 6 heteroatoms. The van der Waals surface area contributed by atoms with E-state index in [2.05, 4.69) is 40.4 Å². The number of aromatic nitrogens is 2. The van der Waals surface area contributed by atoms with Crippen LogP contribution in [0.25, 0.3) is 5.65 Å². The fourth-order valence-electron chi connectivity index (χ4n) is 4.15. The number of rotatable bonds is 6. The maximum absolute atomic E-state index is 12.4. The number of pyridine rings is 1. The van der Waals surface area contributed by atoms with Gasteiger partial charge in [-0.15, -0.1) is 0 Å². The van der Waals surface area contributed by atoms with Gasteiger partial charge in [0.1, 0.15) is 5.65 Å². The molecule has 1 saturated carbocycles. The lowest BCUT2D eigenvalue weighted by atomic mass is 9.94. The molecule has 0 amide bonds. The Labute approximate surface area is 176 Å². The van der Waals surface area contributed by atoms with Crippen LogP contribution in [0.2, 0.25) is 5.02 Å². The molecule has 3 aromatic rings. The van der Waals surface area contributed by atoms with Gasteiger partial charge in [-0.2, -0.15) is 0 Å². The van der Waals surface area contributed by atoms with Crippen LogP contribution in [-0.2, 0) is 13.1 Å². The van der Waals surface area contributed by atoms with Crippen LogP contribution in [0.15, 0.2) is 53.5 Å². The van der Waals surface area contributed by atoms with Crippen molar-refractivity contribution in [2.24, 2.45) is 0 Å². The van der Waals surface area contributed by atoms with E-state index in [4.69, 9.17) is 11.6 Å². The molecule has 152 valence electrons. The van der Waals surface area contributed by atoms with Gasteiger partial charge in [-0.05, 0) is 43.7 Å².